The topological polar surface area (TPSA) is 108 Å². The minimum absolute atomic E-state index is 0.0999. The summed E-state index contributed by atoms with van der Waals surface area (Å²) in [5, 5.41) is 2.44. The maximum atomic E-state index is 11.8. The van der Waals surface area contributed by atoms with E-state index in [1.165, 1.54) is 37.7 Å². The lowest BCUT2D eigenvalue weighted by Gasteiger charge is -2.22. The van der Waals surface area contributed by atoms with Gasteiger partial charge in [-0.1, -0.05) is 0 Å². The third-order valence-corrected chi connectivity index (χ3v) is 3.06. The second kappa shape index (κ2) is 9.55. The maximum Gasteiger partial charge on any atom is 0.408 e. The first kappa shape index (κ1) is 21.1. The quantitative estimate of drug-likeness (QED) is 0.426. The molecule has 0 aromatic heterocycles. The van der Waals surface area contributed by atoms with Crippen molar-refractivity contribution < 1.29 is 33.4 Å². The second-order valence-electron chi connectivity index (χ2n) is 6.31. The van der Waals surface area contributed by atoms with E-state index < -0.39 is 29.5 Å². The number of ether oxygens (including phenoxy) is 3. The minimum Gasteiger partial charge on any atom is -0.494 e. The van der Waals surface area contributed by atoms with Crippen molar-refractivity contribution in [1.29, 1.82) is 0 Å². The zero-order valence-electron chi connectivity index (χ0n) is 15.2. The van der Waals surface area contributed by atoms with Crippen LogP contribution in [0.15, 0.2) is 24.3 Å². The highest BCUT2D eigenvalue weighted by Crippen LogP contribution is 2.13. The van der Waals surface area contributed by atoms with Gasteiger partial charge in [0.2, 0.25) is 5.78 Å². The van der Waals surface area contributed by atoms with E-state index in [4.69, 9.17) is 9.47 Å². The first-order valence-corrected chi connectivity index (χ1v) is 7.89. The number of esters is 1. The van der Waals surface area contributed by atoms with Gasteiger partial charge in [-0.05, 0) is 45.0 Å². The maximum absolute atomic E-state index is 11.8. The fourth-order valence-corrected chi connectivity index (χ4v) is 1.90. The number of hydrogen-bond acceptors (Lipinski definition) is 7. The Balaban J connectivity index is 2.59. The van der Waals surface area contributed by atoms with E-state index in [9.17, 15) is 19.2 Å². The number of Topliss-reactive ketones (excluding diaryl/α,β-unsaturated/α-hetero) is 1. The number of carbonyl (C=O) groups is 3. The van der Waals surface area contributed by atoms with E-state index in [0.29, 0.717) is 5.75 Å². The lowest BCUT2D eigenvalue weighted by molar-refractivity contribution is -0.143. The Labute approximate surface area is 151 Å². The van der Waals surface area contributed by atoms with Crippen LogP contribution in [0.1, 0.15) is 37.6 Å². The fraction of sp³-hybridized carbons (Fsp3) is 0.444. The molecule has 1 atom stereocenters. The molecule has 1 N–H and O–H groups in total. The van der Waals surface area contributed by atoms with E-state index in [1.54, 1.807) is 20.8 Å². The number of alkyl carbamates (subject to hydrolysis) is 1. The van der Waals surface area contributed by atoms with Crippen molar-refractivity contribution in [3.8, 4) is 5.75 Å². The van der Waals surface area contributed by atoms with Crippen LogP contribution in [0.4, 0.5) is 4.79 Å². The number of rotatable bonds is 8. The minimum atomic E-state index is -0.930. The molecule has 0 fully saturated rings. The van der Waals surface area contributed by atoms with E-state index in [2.05, 4.69) is 10.1 Å². The van der Waals surface area contributed by atoms with Crippen LogP contribution in [0, 0.1) is 0 Å². The second-order valence-corrected chi connectivity index (χ2v) is 6.31. The smallest absolute Gasteiger partial charge is 0.408 e. The largest absolute Gasteiger partial charge is 0.494 e. The van der Waals surface area contributed by atoms with Crippen LogP contribution in [0.5, 0.6) is 5.75 Å². The highest BCUT2D eigenvalue weighted by molar-refractivity contribution is 6.33. The van der Waals surface area contributed by atoms with Gasteiger partial charge < -0.3 is 19.5 Å². The van der Waals surface area contributed by atoms with Gasteiger partial charge in [-0.15, -0.1) is 0 Å². The molecule has 1 radical (unpaired) electrons. The number of methoxy groups -OCH3 is 1. The van der Waals surface area contributed by atoms with Gasteiger partial charge in [0.05, 0.1) is 13.7 Å². The van der Waals surface area contributed by atoms with Crippen molar-refractivity contribution in [2.24, 2.45) is 0 Å². The third kappa shape index (κ3) is 7.33. The molecule has 141 valence electrons. The summed E-state index contributed by atoms with van der Waals surface area (Å²) in [6.07, 6.45) is 0.691. The Morgan fingerprint density at radius 1 is 1.15 bits per heavy atom. The molecular weight excluding hydrogens is 342 g/mol. The average molecular weight is 364 g/mol. The molecule has 8 heteroatoms. The van der Waals surface area contributed by atoms with Crippen molar-refractivity contribution >= 4 is 24.1 Å². The molecule has 0 saturated heterocycles. The fourth-order valence-electron chi connectivity index (χ4n) is 1.90. The van der Waals surface area contributed by atoms with Crippen LogP contribution in [0.2, 0.25) is 0 Å². The zero-order valence-corrected chi connectivity index (χ0v) is 15.2. The molecule has 0 aliphatic heterocycles. The van der Waals surface area contributed by atoms with Crippen molar-refractivity contribution in [3.05, 3.63) is 29.8 Å². The predicted molar refractivity (Wildman–Crippen MR) is 91.8 cm³/mol. The van der Waals surface area contributed by atoms with Gasteiger partial charge in [0.15, 0.2) is 0 Å². The molecule has 0 aliphatic carbocycles. The van der Waals surface area contributed by atoms with Gasteiger partial charge >= 0.3 is 12.1 Å². The molecule has 0 heterocycles. The predicted octanol–water partition coefficient (Wildman–Crippen LogP) is 1.81. The van der Waals surface area contributed by atoms with Crippen LogP contribution < -0.4 is 10.1 Å². The molecule has 0 aliphatic rings. The molecule has 8 nitrogen and oxygen atoms in total. The number of amides is 1. The highest BCUT2D eigenvalue weighted by Gasteiger charge is 2.25. The molecular formula is C18H22NO7. The molecule has 1 rings (SSSR count). The Kier molecular flexibility index (Phi) is 7.77. The Bertz CT molecular complexity index is 646. The molecule has 1 aromatic carbocycles. The lowest BCUT2D eigenvalue weighted by Crippen LogP contribution is -2.44. The molecule has 0 bridgehead atoms. The Hall–Kier alpha value is -2.90. The number of carbonyl (C=O) groups excluding carboxylic acids is 4. The van der Waals surface area contributed by atoms with Crippen LogP contribution in [0.25, 0.3) is 0 Å². The number of ketones is 1. The Morgan fingerprint density at radius 2 is 1.77 bits per heavy atom. The van der Waals surface area contributed by atoms with Crippen LogP contribution in [0.3, 0.4) is 0 Å². The van der Waals surface area contributed by atoms with E-state index in [1.807, 2.05) is 0 Å². The van der Waals surface area contributed by atoms with Crippen LogP contribution >= 0.6 is 0 Å². The van der Waals surface area contributed by atoms with Gasteiger partial charge in [0, 0.05) is 12.0 Å². The first-order chi connectivity index (χ1) is 12.2. The average Bonchev–Trinajstić information content (AvgIpc) is 2.58. The van der Waals surface area contributed by atoms with Gasteiger partial charge in [0.25, 0.3) is 6.29 Å². The monoisotopic (exact) mass is 364 g/mol. The Morgan fingerprint density at radius 3 is 2.27 bits per heavy atom. The van der Waals surface area contributed by atoms with E-state index in [0.717, 1.165) is 0 Å². The molecule has 0 saturated carbocycles. The van der Waals surface area contributed by atoms with E-state index in [-0.39, 0.29) is 18.6 Å². The SMILES string of the molecule is COC(=O)C(CCOc1ccc(C(=O)[C]=O)cc1)NC(=O)OC(C)(C)C. The van der Waals surface area contributed by atoms with Crippen molar-refractivity contribution in [2.45, 2.75) is 38.8 Å². The third-order valence-electron chi connectivity index (χ3n) is 3.06. The standard InChI is InChI=1S/C18H22NO7/c1-18(2,3)26-17(23)19-14(16(22)24-4)9-10-25-13-7-5-12(6-8-13)15(21)11-20/h5-8,14H,9-10H2,1-4H3,(H,19,23). The molecule has 0 spiro atoms. The molecule has 1 amide bonds. The summed E-state index contributed by atoms with van der Waals surface area (Å²) in [5.74, 6) is -0.931. The summed E-state index contributed by atoms with van der Waals surface area (Å²) in [5.41, 5.74) is -0.495. The summed E-state index contributed by atoms with van der Waals surface area (Å²) in [4.78, 5) is 45.1. The molecule has 1 aromatic rings. The number of benzene rings is 1. The summed E-state index contributed by atoms with van der Waals surface area (Å²) < 4.78 is 15.2. The van der Waals surface area contributed by atoms with Crippen molar-refractivity contribution in [1.82, 2.24) is 5.32 Å². The molecule has 1 unspecified atom stereocenters. The molecule has 26 heavy (non-hydrogen) atoms. The van der Waals surface area contributed by atoms with Crippen molar-refractivity contribution in [2.75, 3.05) is 13.7 Å². The van der Waals surface area contributed by atoms with Crippen LogP contribution in [-0.4, -0.2) is 49.5 Å². The lowest BCUT2D eigenvalue weighted by atomic mass is 10.1. The highest BCUT2D eigenvalue weighted by atomic mass is 16.6. The van der Waals surface area contributed by atoms with E-state index >= 15 is 0 Å². The summed E-state index contributed by atoms with van der Waals surface area (Å²) in [6, 6.07) is 4.96. The zero-order chi connectivity index (χ0) is 19.7. The van der Waals surface area contributed by atoms with Gasteiger partial charge in [-0.2, -0.15) is 0 Å². The summed E-state index contributed by atoms with van der Waals surface area (Å²) in [6.45, 7) is 5.22. The normalized spacial score (nSPS) is 11.8. The summed E-state index contributed by atoms with van der Waals surface area (Å²) in [7, 11) is 1.22. The first-order valence-electron chi connectivity index (χ1n) is 7.89. The van der Waals surface area contributed by atoms with Crippen LogP contribution in [-0.2, 0) is 19.1 Å². The number of hydrogen-bond donors (Lipinski definition) is 1. The van der Waals surface area contributed by atoms with Gasteiger partial charge in [0.1, 0.15) is 17.4 Å². The van der Waals surface area contributed by atoms with Crippen molar-refractivity contribution in [3.63, 3.8) is 0 Å². The van der Waals surface area contributed by atoms with Gasteiger partial charge in [-0.3, -0.25) is 9.59 Å². The number of nitrogens with one attached hydrogen (secondary N) is 1. The summed E-state index contributed by atoms with van der Waals surface area (Å²) >= 11 is 0. The van der Waals surface area contributed by atoms with Gasteiger partial charge in [-0.25, -0.2) is 9.59 Å².